The number of amides is 1. The van der Waals surface area contributed by atoms with Crippen LogP contribution in [0.1, 0.15) is 41.6 Å². The van der Waals surface area contributed by atoms with Crippen LogP contribution >= 0.6 is 11.3 Å². The number of carbonyl (C=O) groups is 1. The molecule has 4 rings (SSSR count). The number of oxazole rings is 1. The Morgan fingerprint density at radius 2 is 2.17 bits per heavy atom. The predicted octanol–water partition coefficient (Wildman–Crippen LogP) is 2.34. The molecule has 2 aromatic rings. The standard InChI is InChI=1S/C16H20N4O3S/c21-15(13-14(23-11-18-13)12-3-1-9-22-12)19-5-2-6-20(8-7-19)16-17-4-10-24-16/h4,10-12H,1-3,5-9H2/t12-/m0/s1. The van der Waals surface area contributed by atoms with Crippen LogP contribution in [0.25, 0.3) is 0 Å². The summed E-state index contributed by atoms with van der Waals surface area (Å²) >= 11 is 1.63. The molecule has 0 aliphatic carbocycles. The summed E-state index contributed by atoms with van der Waals surface area (Å²) in [7, 11) is 0. The predicted molar refractivity (Wildman–Crippen MR) is 89.3 cm³/mol. The van der Waals surface area contributed by atoms with Gasteiger partial charge < -0.3 is 19.0 Å². The van der Waals surface area contributed by atoms with Crippen molar-refractivity contribution in [1.82, 2.24) is 14.9 Å². The summed E-state index contributed by atoms with van der Waals surface area (Å²) < 4.78 is 11.1. The largest absolute Gasteiger partial charge is 0.445 e. The molecule has 2 aliphatic rings. The van der Waals surface area contributed by atoms with E-state index in [1.54, 1.807) is 11.3 Å². The van der Waals surface area contributed by atoms with Gasteiger partial charge in [-0.25, -0.2) is 9.97 Å². The van der Waals surface area contributed by atoms with Gasteiger partial charge in [-0.15, -0.1) is 11.3 Å². The summed E-state index contributed by atoms with van der Waals surface area (Å²) in [6.45, 7) is 3.79. The number of carbonyl (C=O) groups excluding carboxylic acids is 1. The van der Waals surface area contributed by atoms with E-state index in [-0.39, 0.29) is 12.0 Å². The van der Waals surface area contributed by atoms with E-state index in [1.165, 1.54) is 6.39 Å². The van der Waals surface area contributed by atoms with Crippen LogP contribution in [-0.2, 0) is 4.74 Å². The van der Waals surface area contributed by atoms with E-state index < -0.39 is 0 Å². The monoisotopic (exact) mass is 348 g/mol. The Morgan fingerprint density at radius 1 is 1.21 bits per heavy atom. The summed E-state index contributed by atoms with van der Waals surface area (Å²) in [6.07, 6.45) is 5.82. The number of hydrogen-bond acceptors (Lipinski definition) is 7. The van der Waals surface area contributed by atoms with Crippen LogP contribution in [0.5, 0.6) is 0 Å². The van der Waals surface area contributed by atoms with Crippen molar-refractivity contribution in [3.8, 4) is 0 Å². The molecule has 1 atom stereocenters. The van der Waals surface area contributed by atoms with Crippen LogP contribution in [0, 0.1) is 0 Å². The van der Waals surface area contributed by atoms with Crippen LogP contribution in [0.15, 0.2) is 22.4 Å². The lowest BCUT2D eigenvalue weighted by molar-refractivity contribution is 0.0725. The van der Waals surface area contributed by atoms with Crippen LogP contribution < -0.4 is 4.90 Å². The summed E-state index contributed by atoms with van der Waals surface area (Å²) in [5.41, 5.74) is 0.407. The van der Waals surface area contributed by atoms with Crippen molar-refractivity contribution in [3.63, 3.8) is 0 Å². The maximum absolute atomic E-state index is 12.9. The van der Waals surface area contributed by atoms with Crippen LogP contribution in [0.2, 0.25) is 0 Å². The lowest BCUT2D eigenvalue weighted by Crippen LogP contribution is -2.36. The Hall–Kier alpha value is -1.93. The van der Waals surface area contributed by atoms with Gasteiger partial charge in [0.2, 0.25) is 0 Å². The molecule has 7 nitrogen and oxygen atoms in total. The lowest BCUT2D eigenvalue weighted by Gasteiger charge is -2.21. The van der Waals surface area contributed by atoms with Crippen molar-refractivity contribution < 1.29 is 13.9 Å². The Labute approximate surface area is 144 Å². The molecule has 2 saturated heterocycles. The van der Waals surface area contributed by atoms with Crippen molar-refractivity contribution >= 4 is 22.4 Å². The van der Waals surface area contributed by atoms with Crippen LogP contribution in [0.3, 0.4) is 0 Å². The zero-order valence-corrected chi connectivity index (χ0v) is 14.2. The van der Waals surface area contributed by atoms with Gasteiger partial charge in [0.1, 0.15) is 6.10 Å². The minimum Gasteiger partial charge on any atom is -0.445 e. The van der Waals surface area contributed by atoms with Gasteiger partial charge in [-0.2, -0.15) is 0 Å². The number of anilines is 1. The second-order valence-corrected chi connectivity index (χ2v) is 6.89. The topological polar surface area (TPSA) is 71.7 Å². The highest BCUT2D eigenvalue weighted by Gasteiger charge is 2.31. The molecular weight excluding hydrogens is 328 g/mol. The maximum atomic E-state index is 12.9. The summed E-state index contributed by atoms with van der Waals surface area (Å²) in [5.74, 6) is 0.522. The Kier molecular flexibility index (Phi) is 4.48. The van der Waals surface area contributed by atoms with E-state index in [4.69, 9.17) is 9.15 Å². The minimum absolute atomic E-state index is 0.0600. The first-order chi connectivity index (χ1) is 11.8. The first-order valence-corrected chi connectivity index (χ1v) is 9.19. The fourth-order valence-electron chi connectivity index (χ4n) is 3.26. The molecule has 0 radical (unpaired) electrons. The van der Waals surface area contributed by atoms with Crippen LogP contribution in [0.4, 0.5) is 5.13 Å². The molecule has 2 aromatic heterocycles. The third-order valence-corrected chi connectivity index (χ3v) is 5.32. The van der Waals surface area contributed by atoms with E-state index >= 15 is 0 Å². The van der Waals surface area contributed by atoms with Gasteiger partial charge in [0.25, 0.3) is 5.91 Å². The Balaban J connectivity index is 1.46. The maximum Gasteiger partial charge on any atom is 0.276 e. The average molecular weight is 348 g/mol. The zero-order valence-electron chi connectivity index (χ0n) is 13.4. The lowest BCUT2D eigenvalue weighted by atomic mass is 10.1. The molecule has 1 amide bonds. The fraction of sp³-hybridized carbons (Fsp3) is 0.562. The van der Waals surface area contributed by atoms with Crippen LogP contribution in [-0.4, -0.2) is 53.6 Å². The van der Waals surface area contributed by atoms with Gasteiger partial charge >= 0.3 is 0 Å². The molecule has 24 heavy (non-hydrogen) atoms. The SMILES string of the molecule is O=C(c1ncoc1[C@@H]1CCCO1)N1CCCN(c2nccs2)CC1. The number of nitrogens with zero attached hydrogens (tertiary/aromatic N) is 4. The molecule has 8 heteroatoms. The molecule has 0 spiro atoms. The highest BCUT2D eigenvalue weighted by Crippen LogP contribution is 2.31. The molecule has 4 heterocycles. The molecule has 0 unspecified atom stereocenters. The Bertz CT molecular complexity index is 681. The molecule has 2 aliphatic heterocycles. The third kappa shape index (κ3) is 3.03. The van der Waals surface area contributed by atoms with Gasteiger partial charge in [0.15, 0.2) is 23.0 Å². The van der Waals surface area contributed by atoms with Crippen molar-refractivity contribution in [1.29, 1.82) is 0 Å². The number of aromatic nitrogens is 2. The highest BCUT2D eigenvalue weighted by atomic mass is 32.1. The Morgan fingerprint density at radius 3 is 2.96 bits per heavy atom. The molecule has 128 valence electrons. The van der Waals surface area contributed by atoms with E-state index in [9.17, 15) is 4.79 Å². The van der Waals surface area contributed by atoms with Crippen molar-refractivity contribution in [2.45, 2.75) is 25.4 Å². The van der Waals surface area contributed by atoms with Gasteiger partial charge in [-0.3, -0.25) is 4.79 Å². The van der Waals surface area contributed by atoms with Gasteiger partial charge in [0, 0.05) is 44.4 Å². The summed E-state index contributed by atoms with van der Waals surface area (Å²) in [6, 6.07) is 0. The number of rotatable bonds is 3. The second-order valence-electron chi connectivity index (χ2n) is 6.01. The number of ether oxygens (including phenoxy) is 1. The molecule has 0 bridgehead atoms. The normalized spacial score (nSPS) is 21.9. The molecular formula is C16H20N4O3S. The van der Waals surface area contributed by atoms with E-state index in [2.05, 4.69) is 14.9 Å². The third-order valence-electron chi connectivity index (χ3n) is 4.49. The molecule has 2 fully saturated rings. The zero-order chi connectivity index (χ0) is 16.4. The number of hydrogen-bond donors (Lipinski definition) is 0. The minimum atomic E-state index is -0.134. The van der Waals surface area contributed by atoms with Crippen molar-refractivity contribution in [2.24, 2.45) is 0 Å². The second kappa shape index (κ2) is 6.90. The number of thiazole rings is 1. The van der Waals surface area contributed by atoms with Crippen molar-refractivity contribution in [3.05, 3.63) is 29.4 Å². The fourth-order valence-corrected chi connectivity index (χ4v) is 3.96. The van der Waals surface area contributed by atoms with Gasteiger partial charge in [-0.05, 0) is 19.3 Å². The summed E-state index contributed by atoms with van der Waals surface area (Å²) in [4.78, 5) is 25.5. The quantitative estimate of drug-likeness (QED) is 0.848. The molecule has 0 N–H and O–H groups in total. The first kappa shape index (κ1) is 15.6. The summed E-state index contributed by atoms with van der Waals surface area (Å²) in [5, 5.41) is 3.00. The highest BCUT2D eigenvalue weighted by molar-refractivity contribution is 7.13. The smallest absolute Gasteiger partial charge is 0.276 e. The van der Waals surface area contributed by atoms with E-state index in [0.29, 0.717) is 24.6 Å². The molecule has 0 saturated carbocycles. The van der Waals surface area contributed by atoms with Gasteiger partial charge in [-0.1, -0.05) is 0 Å². The van der Waals surface area contributed by atoms with Crippen molar-refractivity contribution in [2.75, 3.05) is 37.7 Å². The van der Waals surface area contributed by atoms with Gasteiger partial charge in [0.05, 0.1) is 0 Å². The average Bonchev–Trinajstić information content (AvgIpc) is 3.33. The molecule has 0 aromatic carbocycles. The first-order valence-electron chi connectivity index (χ1n) is 8.31. The van der Waals surface area contributed by atoms with E-state index in [1.807, 2.05) is 16.5 Å². The van der Waals surface area contributed by atoms with E-state index in [0.717, 1.165) is 44.0 Å².